The number of carbonyl (C=O) groups excluding carboxylic acids is 1. The van der Waals surface area contributed by atoms with E-state index in [4.69, 9.17) is 4.74 Å². The predicted molar refractivity (Wildman–Crippen MR) is 134 cm³/mol. The first kappa shape index (κ1) is 23.8. The number of sulfonamides is 1. The van der Waals surface area contributed by atoms with Gasteiger partial charge in [-0.3, -0.25) is 9.10 Å². The quantitative estimate of drug-likeness (QED) is 0.583. The van der Waals surface area contributed by atoms with Crippen LogP contribution >= 0.6 is 0 Å². The van der Waals surface area contributed by atoms with Crippen molar-refractivity contribution in [2.75, 3.05) is 10.8 Å². The third-order valence-corrected chi connectivity index (χ3v) is 7.83. The van der Waals surface area contributed by atoms with Crippen molar-refractivity contribution < 1.29 is 17.9 Å². The molecule has 178 valence electrons. The van der Waals surface area contributed by atoms with E-state index in [0.717, 1.165) is 16.7 Å². The van der Waals surface area contributed by atoms with Crippen LogP contribution in [0.4, 0.5) is 5.69 Å². The summed E-state index contributed by atoms with van der Waals surface area (Å²) < 4.78 is 34.6. The van der Waals surface area contributed by atoms with Crippen molar-refractivity contribution in [1.29, 1.82) is 0 Å². The van der Waals surface area contributed by atoms with Crippen molar-refractivity contribution in [3.05, 3.63) is 89.5 Å². The van der Waals surface area contributed by atoms with Crippen molar-refractivity contribution >= 4 is 21.6 Å². The summed E-state index contributed by atoms with van der Waals surface area (Å²) in [6.45, 7) is 8.41. The van der Waals surface area contributed by atoms with Crippen LogP contribution in [0, 0.1) is 6.92 Å². The fourth-order valence-electron chi connectivity index (χ4n) is 3.91. The van der Waals surface area contributed by atoms with Gasteiger partial charge in [-0.05, 0) is 53.3 Å². The number of rotatable bonds is 5. The molecule has 6 nitrogen and oxygen atoms in total. The summed E-state index contributed by atoms with van der Waals surface area (Å²) in [5.74, 6) is 0.0110. The minimum absolute atomic E-state index is 0.114. The maximum absolute atomic E-state index is 13.6. The minimum atomic E-state index is -3.90. The van der Waals surface area contributed by atoms with E-state index >= 15 is 0 Å². The van der Waals surface area contributed by atoms with Gasteiger partial charge in [0.05, 0.1) is 17.1 Å². The molecule has 0 radical (unpaired) electrons. The maximum atomic E-state index is 13.6. The van der Waals surface area contributed by atoms with Crippen LogP contribution in [0.2, 0.25) is 0 Å². The highest BCUT2D eigenvalue weighted by atomic mass is 32.2. The van der Waals surface area contributed by atoms with Crippen LogP contribution < -0.4 is 14.4 Å². The molecule has 1 aliphatic heterocycles. The summed E-state index contributed by atoms with van der Waals surface area (Å²) in [5, 5.41) is 2.90. The molecule has 1 atom stereocenters. The molecule has 34 heavy (non-hydrogen) atoms. The van der Waals surface area contributed by atoms with Crippen LogP contribution in [0.3, 0.4) is 0 Å². The van der Waals surface area contributed by atoms with Gasteiger partial charge in [-0.2, -0.15) is 0 Å². The molecule has 1 unspecified atom stereocenters. The van der Waals surface area contributed by atoms with E-state index in [1.165, 1.54) is 4.31 Å². The molecule has 0 aliphatic carbocycles. The second-order valence-electron chi connectivity index (χ2n) is 9.53. The topological polar surface area (TPSA) is 75.7 Å². The summed E-state index contributed by atoms with van der Waals surface area (Å²) in [6.07, 6.45) is -0.976. The number of hydrogen-bond donors (Lipinski definition) is 1. The third kappa shape index (κ3) is 4.80. The number of nitrogens with zero attached hydrogens (tertiary/aromatic N) is 1. The Balaban J connectivity index is 1.68. The normalized spacial score (nSPS) is 15.9. The van der Waals surface area contributed by atoms with Gasteiger partial charge in [0.15, 0.2) is 6.10 Å². The Bertz CT molecular complexity index is 1300. The molecule has 0 saturated carbocycles. The fraction of sp³-hybridized carbons (Fsp3) is 0.296. The van der Waals surface area contributed by atoms with E-state index in [1.807, 2.05) is 43.3 Å². The average Bonchev–Trinajstić information content (AvgIpc) is 2.82. The number of benzene rings is 3. The van der Waals surface area contributed by atoms with Gasteiger partial charge < -0.3 is 10.1 Å². The number of carbonyl (C=O) groups is 1. The standard InChI is InChI=1S/C27H30N2O4S/c1-19-10-8-9-11-20(19)17-28-26(30)25-18-29(34(31,32)22-12-6-5-7-13-22)23-16-21(27(2,3)4)14-15-24(23)33-25/h5-16,25H,17-18H2,1-4H3,(H,28,30). The molecular weight excluding hydrogens is 448 g/mol. The zero-order valence-corrected chi connectivity index (χ0v) is 20.7. The lowest BCUT2D eigenvalue weighted by Crippen LogP contribution is -2.50. The van der Waals surface area contributed by atoms with Gasteiger partial charge in [0, 0.05) is 6.54 Å². The Morgan fingerprint density at radius 1 is 1.03 bits per heavy atom. The third-order valence-electron chi connectivity index (χ3n) is 6.03. The molecular formula is C27H30N2O4S. The number of ether oxygens (including phenoxy) is 1. The molecule has 4 rings (SSSR count). The lowest BCUT2D eigenvalue weighted by molar-refractivity contribution is -0.127. The summed E-state index contributed by atoms with van der Waals surface area (Å²) in [6, 6.07) is 21.6. The van der Waals surface area contributed by atoms with E-state index in [0.29, 0.717) is 18.0 Å². The summed E-state index contributed by atoms with van der Waals surface area (Å²) in [7, 11) is -3.90. The molecule has 3 aromatic carbocycles. The lowest BCUT2D eigenvalue weighted by Gasteiger charge is -2.36. The van der Waals surface area contributed by atoms with Crippen LogP contribution in [-0.2, 0) is 26.8 Å². The highest BCUT2D eigenvalue weighted by Crippen LogP contribution is 2.40. The molecule has 0 spiro atoms. The van der Waals surface area contributed by atoms with Crippen LogP contribution in [0.1, 0.15) is 37.5 Å². The van der Waals surface area contributed by atoms with Crippen LogP contribution in [-0.4, -0.2) is 27.0 Å². The van der Waals surface area contributed by atoms with E-state index < -0.39 is 16.1 Å². The Hall–Kier alpha value is -3.32. The average molecular weight is 479 g/mol. The van der Waals surface area contributed by atoms with E-state index in [9.17, 15) is 13.2 Å². The molecule has 0 bridgehead atoms. The molecule has 3 aromatic rings. The highest BCUT2D eigenvalue weighted by molar-refractivity contribution is 7.92. The molecule has 1 aliphatic rings. The summed E-state index contributed by atoms with van der Waals surface area (Å²) in [5.41, 5.74) is 3.31. The van der Waals surface area contributed by atoms with E-state index in [-0.39, 0.29) is 22.8 Å². The molecule has 7 heteroatoms. The molecule has 0 fully saturated rings. The molecule has 1 N–H and O–H groups in total. The van der Waals surface area contributed by atoms with Crippen LogP contribution in [0.15, 0.2) is 77.7 Å². The monoisotopic (exact) mass is 478 g/mol. The number of fused-ring (bicyclic) bond motifs is 1. The summed E-state index contributed by atoms with van der Waals surface area (Å²) >= 11 is 0. The first-order valence-corrected chi connectivity index (χ1v) is 12.7. The predicted octanol–water partition coefficient (Wildman–Crippen LogP) is 4.57. The fourth-order valence-corrected chi connectivity index (χ4v) is 5.40. The zero-order chi connectivity index (χ0) is 24.5. The van der Waals surface area contributed by atoms with Gasteiger partial charge in [0.25, 0.3) is 15.9 Å². The second kappa shape index (κ2) is 9.14. The first-order chi connectivity index (χ1) is 16.1. The Labute approximate surface area is 201 Å². The highest BCUT2D eigenvalue weighted by Gasteiger charge is 2.38. The SMILES string of the molecule is Cc1ccccc1CNC(=O)C1CN(S(=O)(=O)c2ccccc2)c2cc(C(C)(C)C)ccc2O1. The van der Waals surface area contributed by atoms with Crippen molar-refractivity contribution in [1.82, 2.24) is 5.32 Å². The van der Waals surface area contributed by atoms with Gasteiger partial charge in [0.1, 0.15) is 5.75 Å². The van der Waals surface area contributed by atoms with Gasteiger partial charge in [0.2, 0.25) is 0 Å². The lowest BCUT2D eigenvalue weighted by atomic mass is 9.86. The summed E-state index contributed by atoms with van der Waals surface area (Å²) in [4.78, 5) is 13.2. The second-order valence-corrected chi connectivity index (χ2v) is 11.4. The Kier molecular flexibility index (Phi) is 6.41. The van der Waals surface area contributed by atoms with Crippen LogP contribution in [0.25, 0.3) is 0 Å². The molecule has 0 aromatic heterocycles. The van der Waals surface area contributed by atoms with Crippen molar-refractivity contribution in [3.8, 4) is 5.75 Å². The molecule has 1 heterocycles. The number of anilines is 1. The van der Waals surface area contributed by atoms with Crippen LogP contribution in [0.5, 0.6) is 5.75 Å². The number of nitrogens with one attached hydrogen (secondary N) is 1. The zero-order valence-electron chi connectivity index (χ0n) is 19.9. The smallest absolute Gasteiger partial charge is 0.264 e. The van der Waals surface area contributed by atoms with E-state index in [1.54, 1.807) is 36.4 Å². The number of aryl methyl sites for hydroxylation is 1. The van der Waals surface area contributed by atoms with Gasteiger partial charge in [-0.25, -0.2) is 8.42 Å². The van der Waals surface area contributed by atoms with Gasteiger partial charge in [-0.1, -0.05) is 69.3 Å². The van der Waals surface area contributed by atoms with Crippen molar-refractivity contribution in [3.63, 3.8) is 0 Å². The first-order valence-electron chi connectivity index (χ1n) is 11.3. The van der Waals surface area contributed by atoms with Gasteiger partial charge >= 0.3 is 0 Å². The van der Waals surface area contributed by atoms with E-state index in [2.05, 4.69) is 26.1 Å². The number of hydrogen-bond acceptors (Lipinski definition) is 4. The molecule has 1 amide bonds. The minimum Gasteiger partial charge on any atom is -0.476 e. The Morgan fingerprint density at radius 2 is 1.71 bits per heavy atom. The number of amides is 1. The maximum Gasteiger partial charge on any atom is 0.264 e. The largest absolute Gasteiger partial charge is 0.476 e. The van der Waals surface area contributed by atoms with Crippen molar-refractivity contribution in [2.45, 2.75) is 50.7 Å². The Morgan fingerprint density at radius 3 is 2.38 bits per heavy atom. The van der Waals surface area contributed by atoms with Crippen molar-refractivity contribution in [2.24, 2.45) is 0 Å². The molecule has 0 saturated heterocycles. The van der Waals surface area contributed by atoms with Gasteiger partial charge in [-0.15, -0.1) is 0 Å².